The number of benzene rings is 1. The minimum absolute atomic E-state index is 0.0613. The molecule has 25 heavy (non-hydrogen) atoms. The van der Waals surface area contributed by atoms with E-state index in [2.05, 4.69) is 15.3 Å². The van der Waals surface area contributed by atoms with Crippen LogP contribution in [-0.2, 0) is 10.2 Å². The van der Waals surface area contributed by atoms with Gasteiger partial charge in [-0.3, -0.25) is 9.78 Å². The van der Waals surface area contributed by atoms with Crippen molar-refractivity contribution in [3.05, 3.63) is 58.7 Å². The lowest BCUT2D eigenvalue weighted by molar-refractivity contribution is -0.124. The Hall–Kier alpha value is -2.73. The molecule has 1 aromatic carbocycles. The molecule has 1 amide bonds. The number of para-hydroxylation sites is 1. The molecule has 1 atom stereocenters. The van der Waals surface area contributed by atoms with Gasteiger partial charge < -0.3 is 10.3 Å². The fourth-order valence-corrected chi connectivity index (χ4v) is 3.97. The molecule has 0 bridgehead atoms. The second-order valence-corrected chi connectivity index (χ2v) is 7.03. The smallest absolute Gasteiger partial charge is 0.238 e. The summed E-state index contributed by atoms with van der Waals surface area (Å²) in [4.78, 5) is 26.5. The van der Waals surface area contributed by atoms with Gasteiger partial charge in [0, 0.05) is 16.8 Å². The Balaban J connectivity index is 1.96. The first kappa shape index (κ1) is 15.8. The first-order valence-electron chi connectivity index (χ1n) is 8.20. The van der Waals surface area contributed by atoms with E-state index < -0.39 is 5.41 Å². The molecule has 0 fully saturated rings. The molecule has 2 N–H and O–H groups in total. The lowest BCUT2D eigenvalue weighted by Crippen LogP contribution is -2.43. The van der Waals surface area contributed by atoms with Gasteiger partial charge in [-0.25, -0.2) is 4.98 Å². The molecule has 126 valence electrons. The van der Waals surface area contributed by atoms with Crippen LogP contribution in [0.15, 0.2) is 48.0 Å². The van der Waals surface area contributed by atoms with Crippen molar-refractivity contribution in [2.75, 3.05) is 6.54 Å². The van der Waals surface area contributed by atoms with Crippen LogP contribution in [0, 0.1) is 0 Å². The maximum atomic E-state index is 12.9. The molecule has 4 rings (SSSR count). The SMILES string of the molecule is CCNC(=O)C(C)(c1nc2cnc3ccccc3c2[nH]1)c1cccs1. The van der Waals surface area contributed by atoms with Crippen LogP contribution >= 0.6 is 11.3 Å². The molecule has 0 aliphatic carbocycles. The Bertz CT molecular complexity index is 1050. The van der Waals surface area contributed by atoms with E-state index in [-0.39, 0.29) is 5.91 Å². The number of carbonyl (C=O) groups is 1. The van der Waals surface area contributed by atoms with Crippen molar-refractivity contribution in [3.63, 3.8) is 0 Å². The Morgan fingerprint density at radius 2 is 2.08 bits per heavy atom. The first-order valence-corrected chi connectivity index (χ1v) is 9.08. The molecular formula is C19H18N4OS. The fraction of sp³-hybridized carbons (Fsp3) is 0.211. The highest BCUT2D eigenvalue weighted by molar-refractivity contribution is 7.10. The molecule has 0 saturated carbocycles. The summed E-state index contributed by atoms with van der Waals surface area (Å²) in [6, 6.07) is 11.9. The van der Waals surface area contributed by atoms with Crippen molar-refractivity contribution in [1.29, 1.82) is 0 Å². The van der Waals surface area contributed by atoms with Crippen molar-refractivity contribution in [2.24, 2.45) is 0 Å². The van der Waals surface area contributed by atoms with Gasteiger partial charge >= 0.3 is 0 Å². The monoisotopic (exact) mass is 350 g/mol. The average molecular weight is 350 g/mol. The minimum Gasteiger partial charge on any atom is -0.355 e. The number of hydrogen-bond acceptors (Lipinski definition) is 4. The molecule has 4 aromatic rings. The zero-order chi connectivity index (χ0) is 17.4. The van der Waals surface area contributed by atoms with E-state index in [0.717, 1.165) is 26.8 Å². The molecule has 0 radical (unpaired) electrons. The minimum atomic E-state index is -0.871. The van der Waals surface area contributed by atoms with Crippen LogP contribution < -0.4 is 5.32 Å². The van der Waals surface area contributed by atoms with Gasteiger partial charge in [-0.1, -0.05) is 24.3 Å². The predicted molar refractivity (Wildman–Crippen MR) is 101 cm³/mol. The number of carbonyl (C=O) groups excluding carboxylic acids is 1. The van der Waals surface area contributed by atoms with Crippen LogP contribution in [0.4, 0.5) is 0 Å². The molecule has 0 aliphatic rings. The van der Waals surface area contributed by atoms with E-state index in [0.29, 0.717) is 12.4 Å². The highest BCUT2D eigenvalue weighted by atomic mass is 32.1. The lowest BCUT2D eigenvalue weighted by atomic mass is 9.86. The number of aromatic nitrogens is 3. The topological polar surface area (TPSA) is 70.7 Å². The second kappa shape index (κ2) is 5.97. The second-order valence-electron chi connectivity index (χ2n) is 6.08. The van der Waals surface area contributed by atoms with Crippen LogP contribution in [-0.4, -0.2) is 27.4 Å². The van der Waals surface area contributed by atoms with Gasteiger partial charge in [0.05, 0.1) is 17.2 Å². The van der Waals surface area contributed by atoms with Crippen LogP contribution in [0.25, 0.3) is 21.9 Å². The summed E-state index contributed by atoms with van der Waals surface area (Å²) in [6.45, 7) is 4.41. The highest BCUT2D eigenvalue weighted by Gasteiger charge is 2.41. The lowest BCUT2D eigenvalue weighted by Gasteiger charge is -2.25. The van der Waals surface area contributed by atoms with Gasteiger partial charge in [-0.2, -0.15) is 0 Å². The number of likely N-dealkylation sites (N-methyl/N-ethyl adjacent to an activating group) is 1. The van der Waals surface area contributed by atoms with E-state index >= 15 is 0 Å². The summed E-state index contributed by atoms with van der Waals surface area (Å²) in [5, 5.41) is 5.93. The summed E-state index contributed by atoms with van der Waals surface area (Å²) in [5.74, 6) is 0.572. The number of H-pyrrole nitrogens is 1. The highest BCUT2D eigenvalue weighted by Crippen LogP contribution is 2.35. The summed E-state index contributed by atoms with van der Waals surface area (Å²) in [7, 11) is 0. The number of nitrogens with zero attached hydrogens (tertiary/aromatic N) is 2. The number of thiophene rings is 1. The molecule has 1 unspecified atom stereocenters. The van der Waals surface area contributed by atoms with Gasteiger partial charge in [0.2, 0.25) is 5.91 Å². The molecule has 3 aromatic heterocycles. The van der Waals surface area contributed by atoms with Crippen molar-refractivity contribution < 1.29 is 4.79 Å². The van der Waals surface area contributed by atoms with Gasteiger partial charge in [0.1, 0.15) is 16.8 Å². The summed E-state index contributed by atoms with van der Waals surface area (Å²) in [5.41, 5.74) is 1.71. The number of aromatic amines is 1. The Morgan fingerprint density at radius 3 is 2.84 bits per heavy atom. The van der Waals surface area contributed by atoms with Crippen LogP contribution in [0.2, 0.25) is 0 Å². The third-order valence-corrected chi connectivity index (χ3v) is 5.60. The van der Waals surface area contributed by atoms with Crippen LogP contribution in [0.1, 0.15) is 24.5 Å². The van der Waals surface area contributed by atoms with Crippen LogP contribution in [0.5, 0.6) is 0 Å². The molecule has 3 heterocycles. The van der Waals surface area contributed by atoms with Crippen molar-refractivity contribution in [1.82, 2.24) is 20.3 Å². The maximum absolute atomic E-state index is 12.9. The third kappa shape index (κ3) is 2.41. The predicted octanol–water partition coefficient (Wildman–Crippen LogP) is 3.61. The quantitative estimate of drug-likeness (QED) is 0.590. The number of fused-ring (bicyclic) bond motifs is 3. The summed E-state index contributed by atoms with van der Waals surface area (Å²) in [6.07, 6.45) is 1.75. The summed E-state index contributed by atoms with van der Waals surface area (Å²) < 4.78 is 0. The molecule has 6 heteroatoms. The zero-order valence-corrected chi connectivity index (χ0v) is 14.9. The van der Waals surface area contributed by atoms with Gasteiger partial charge in [0.25, 0.3) is 0 Å². The van der Waals surface area contributed by atoms with E-state index in [1.165, 1.54) is 0 Å². The Labute approximate surface area is 149 Å². The molecular weight excluding hydrogens is 332 g/mol. The number of nitrogens with one attached hydrogen (secondary N) is 2. The van der Waals surface area contributed by atoms with E-state index in [4.69, 9.17) is 4.98 Å². The van der Waals surface area contributed by atoms with Crippen molar-refractivity contribution >= 4 is 39.2 Å². The molecule has 0 spiro atoms. The van der Waals surface area contributed by atoms with Gasteiger partial charge in [-0.05, 0) is 31.4 Å². The third-order valence-electron chi connectivity index (χ3n) is 4.51. The summed E-state index contributed by atoms with van der Waals surface area (Å²) >= 11 is 1.56. The Morgan fingerprint density at radius 1 is 1.24 bits per heavy atom. The molecule has 5 nitrogen and oxygen atoms in total. The number of hydrogen-bond donors (Lipinski definition) is 2. The van der Waals surface area contributed by atoms with Crippen molar-refractivity contribution in [2.45, 2.75) is 19.3 Å². The van der Waals surface area contributed by atoms with E-state index in [1.807, 2.05) is 55.6 Å². The first-order chi connectivity index (χ1) is 12.1. The normalized spacial score (nSPS) is 13.8. The largest absolute Gasteiger partial charge is 0.355 e. The fourth-order valence-electron chi connectivity index (χ4n) is 3.09. The average Bonchev–Trinajstić information content (AvgIpc) is 3.31. The maximum Gasteiger partial charge on any atom is 0.238 e. The number of rotatable bonds is 4. The Kier molecular flexibility index (Phi) is 3.77. The number of pyridine rings is 1. The van der Waals surface area contributed by atoms with Crippen LogP contribution in [0.3, 0.4) is 0 Å². The molecule has 0 aliphatic heterocycles. The van der Waals surface area contributed by atoms with Gasteiger partial charge in [0.15, 0.2) is 0 Å². The van der Waals surface area contributed by atoms with E-state index in [1.54, 1.807) is 17.5 Å². The van der Waals surface area contributed by atoms with E-state index in [9.17, 15) is 4.79 Å². The standard InChI is InChI=1S/C19H18N4OS/c1-3-20-18(24)19(2,15-9-6-10-25-15)17-22-14-11-21-13-8-5-4-7-12(13)16(14)23-17/h4-11H,3H2,1-2H3,(H,20,24)(H,22,23). The zero-order valence-electron chi connectivity index (χ0n) is 14.0. The number of imidazole rings is 1. The van der Waals surface area contributed by atoms with Crippen molar-refractivity contribution in [3.8, 4) is 0 Å². The molecule has 0 saturated heterocycles. The van der Waals surface area contributed by atoms with Gasteiger partial charge in [-0.15, -0.1) is 11.3 Å². The number of amides is 1.